The Morgan fingerprint density at radius 2 is 2.23 bits per heavy atom. The van der Waals surface area contributed by atoms with Crippen molar-refractivity contribution in [2.24, 2.45) is 5.73 Å². The van der Waals surface area contributed by atoms with E-state index < -0.39 is 6.04 Å². The van der Waals surface area contributed by atoms with Crippen molar-refractivity contribution >= 4 is 18.6 Å². The molecule has 1 saturated heterocycles. The van der Waals surface area contributed by atoms with Crippen molar-refractivity contribution in [3.05, 3.63) is 0 Å². The van der Waals surface area contributed by atoms with Gasteiger partial charge in [-0.2, -0.15) is 12.6 Å². The molecule has 0 aromatic rings. The van der Waals surface area contributed by atoms with Crippen molar-refractivity contribution in [1.82, 2.24) is 0 Å². The van der Waals surface area contributed by atoms with Crippen LogP contribution in [0.4, 0.5) is 0 Å². The molecule has 0 aliphatic carbocycles. The molecule has 0 aromatic carbocycles. The van der Waals surface area contributed by atoms with Gasteiger partial charge in [-0.3, -0.25) is 4.79 Å². The Morgan fingerprint density at radius 3 is 2.77 bits per heavy atom. The lowest BCUT2D eigenvalue weighted by Crippen LogP contribution is -2.37. The molecular formula is C8H15NO3S. The normalized spacial score (nSPS) is 21.1. The summed E-state index contributed by atoms with van der Waals surface area (Å²) < 4.78 is 10.3. The van der Waals surface area contributed by atoms with Gasteiger partial charge in [0, 0.05) is 18.6 Å². The molecule has 5 heteroatoms. The maximum Gasteiger partial charge on any atom is 0.324 e. The topological polar surface area (TPSA) is 61.6 Å². The molecule has 0 radical (unpaired) electrons. The predicted octanol–water partition coefficient (Wildman–Crippen LogP) is -0.0343. The lowest BCUT2D eigenvalue weighted by atomic mass is 10.1. The first-order valence-electron chi connectivity index (χ1n) is 4.38. The summed E-state index contributed by atoms with van der Waals surface area (Å²) in [4.78, 5) is 11.2. The Bertz CT molecular complexity index is 171. The standard InChI is InChI=1S/C8H15NO3S/c9-7(5-13)8(10)12-6-1-3-11-4-2-6/h6-7,13H,1-5,9H2/t7-/m0/s1. The van der Waals surface area contributed by atoms with E-state index in [4.69, 9.17) is 15.2 Å². The second-order valence-corrected chi connectivity index (χ2v) is 3.40. The maximum atomic E-state index is 11.2. The van der Waals surface area contributed by atoms with E-state index in [1.807, 2.05) is 0 Å². The van der Waals surface area contributed by atoms with Crippen molar-refractivity contribution in [3.63, 3.8) is 0 Å². The molecule has 1 aliphatic rings. The van der Waals surface area contributed by atoms with Gasteiger partial charge < -0.3 is 15.2 Å². The van der Waals surface area contributed by atoms with E-state index in [1.165, 1.54) is 0 Å². The summed E-state index contributed by atoms with van der Waals surface area (Å²) in [5.74, 6) is -0.0379. The molecule has 1 atom stereocenters. The third kappa shape index (κ3) is 3.54. The van der Waals surface area contributed by atoms with E-state index in [0.29, 0.717) is 19.0 Å². The fourth-order valence-electron chi connectivity index (χ4n) is 1.12. The van der Waals surface area contributed by atoms with Crippen LogP contribution in [0.15, 0.2) is 0 Å². The average molecular weight is 205 g/mol. The Balaban J connectivity index is 2.26. The summed E-state index contributed by atoms with van der Waals surface area (Å²) in [6, 6.07) is -0.605. The molecule has 0 unspecified atom stereocenters. The molecule has 2 N–H and O–H groups in total. The highest BCUT2D eigenvalue weighted by Crippen LogP contribution is 2.11. The number of carbonyl (C=O) groups is 1. The van der Waals surface area contributed by atoms with Crippen molar-refractivity contribution in [1.29, 1.82) is 0 Å². The molecule has 1 rings (SSSR count). The van der Waals surface area contributed by atoms with Gasteiger partial charge in [-0.05, 0) is 0 Å². The van der Waals surface area contributed by atoms with Crippen LogP contribution in [-0.4, -0.2) is 37.1 Å². The number of ether oxygens (including phenoxy) is 2. The first-order valence-corrected chi connectivity index (χ1v) is 5.02. The van der Waals surface area contributed by atoms with Gasteiger partial charge in [-0.15, -0.1) is 0 Å². The van der Waals surface area contributed by atoms with Gasteiger partial charge in [0.15, 0.2) is 0 Å². The number of thiol groups is 1. The zero-order chi connectivity index (χ0) is 9.68. The molecular weight excluding hydrogens is 190 g/mol. The van der Waals surface area contributed by atoms with Crippen molar-refractivity contribution < 1.29 is 14.3 Å². The summed E-state index contributed by atoms with van der Waals surface area (Å²) in [6.45, 7) is 1.32. The molecule has 0 amide bonds. The molecule has 0 spiro atoms. The summed E-state index contributed by atoms with van der Waals surface area (Å²) in [6.07, 6.45) is 1.52. The summed E-state index contributed by atoms with van der Waals surface area (Å²) in [5.41, 5.74) is 5.45. The van der Waals surface area contributed by atoms with E-state index >= 15 is 0 Å². The van der Waals surface area contributed by atoms with Gasteiger partial charge in [0.2, 0.25) is 0 Å². The zero-order valence-corrected chi connectivity index (χ0v) is 8.33. The van der Waals surface area contributed by atoms with Crippen molar-refractivity contribution in [2.45, 2.75) is 25.0 Å². The van der Waals surface area contributed by atoms with Crippen LogP contribution in [0.3, 0.4) is 0 Å². The van der Waals surface area contributed by atoms with Crippen LogP contribution >= 0.6 is 12.6 Å². The molecule has 76 valence electrons. The van der Waals surface area contributed by atoms with E-state index in [1.54, 1.807) is 0 Å². The first kappa shape index (κ1) is 10.8. The van der Waals surface area contributed by atoms with E-state index in [0.717, 1.165) is 12.8 Å². The second-order valence-electron chi connectivity index (χ2n) is 3.04. The molecule has 1 heterocycles. The van der Waals surface area contributed by atoms with E-state index in [-0.39, 0.29) is 12.1 Å². The minimum atomic E-state index is -0.605. The van der Waals surface area contributed by atoms with Gasteiger partial charge in [-0.1, -0.05) is 0 Å². The first-order chi connectivity index (χ1) is 6.24. The number of hydrogen-bond acceptors (Lipinski definition) is 5. The molecule has 0 bridgehead atoms. The minimum absolute atomic E-state index is 0.0211. The highest BCUT2D eigenvalue weighted by Gasteiger charge is 2.21. The van der Waals surface area contributed by atoms with Gasteiger partial charge in [0.25, 0.3) is 0 Å². The molecule has 1 fully saturated rings. The Morgan fingerprint density at radius 1 is 1.62 bits per heavy atom. The maximum absolute atomic E-state index is 11.2. The van der Waals surface area contributed by atoms with Crippen LogP contribution in [-0.2, 0) is 14.3 Å². The molecule has 0 saturated carbocycles. The minimum Gasteiger partial charge on any atom is -0.461 e. The molecule has 13 heavy (non-hydrogen) atoms. The second kappa shape index (κ2) is 5.47. The highest BCUT2D eigenvalue weighted by molar-refractivity contribution is 7.80. The average Bonchev–Trinajstić information content (AvgIpc) is 2.18. The number of carbonyl (C=O) groups excluding carboxylic acids is 1. The number of nitrogens with two attached hydrogens (primary N) is 1. The van der Waals surface area contributed by atoms with Gasteiger partial charge >= 0.3 is 5.97 Å². The third-order valence-electron chi connectivity index (χ3n) is 1.95. The Kier molecular flexibility index (Phi) is 4.55. The summed E-state index contributed by atoms with van der Waals surface area (Å²) in [5, 5.41) is 0. The van der Waals surface area contributed by atoms with Crippen LogP contribution in [0.1, 0.15) is 12.8 Å². The number of rotatable bonds is 3. The molecule has 1 aliphatic heterocycles. The number of hydrogen-bond donors (Lipinski definition) is 2. The van der Waals surface area contributed by atoms with Gasteiger partial charge in [-0.25, -0.2) is 0 Å². The zero-order valence-electron chi connectivity index (χ0n) is 7.44. The molecule has 0 aromatic heterocycles. The predicted molar refractivity (Wildman–Crippen MR) is 51.8 cm³/mol. The van der Waals surface area contributed by atoms with Crippen LogP contribution in [0.2, 0.25) is 0 Å². The van der Waals surface area contributed by atoms with E-state index in [2.05, 4.69) is 12.6 Å². The Labute approximate surface area is 83.2 Å². The fraction of sp³-hybridized carbons (Fsp3) is 0.875. The Hall–Kier alpha value is -0.260. The van der Waals surface area contributed by atoms with E-state index in [9.17, 15) is 4.79 Å². The SMILES string of the molecule is N[C@@H](CS)C(=O)OC1CCOCC1. The van der Waals surface area contributed by atoms with Crippen molar-refractivity contribution in [2.75, 3.05) is 19.0 Å². The fourth-order valence-corrected chi connectivity index (χ4v) is 1.27. The van der Waals surface area contributed by atoms with Gasteiger partial charge in [0.1, 0.15) is 12.1 Å². The monoisotopic (exact) mass is 205 g/mol. The van der Waals surface area contributed by atoms with Crippen LogP contribution in [0, 0.1) is 0 Å². The largest absolute Gasteiger partial charge is 0.461 e. The van der Waals surface area contributed by atoms with Gasteiger partial charge in [0.05, 0.1) is 13.2 Å². The quantitative estimate of drug-likeness (QED) is 0.501. The lowest BCUT2D eigenvalue weighted by molar-refractivity contribution is -0.154. The third-order valence-corrected chi connectivity index (χ3v) is 2.34. The van der Waals surface area contributed by atoms with Crippen LogP contribution < -0.4 is 5.73 Å². The lowest BCUT2D eigenvalue weighted by Gasteiger charge is -2.23. The van der Waals surface area contributed by atoms with Crippen molar-refractivity contribution in [3.8, 4) is 0 Å². The van der Waals surface area contributed by atoms with Crippen LogP contribution in [0.25, 0.3) is 0 Å². The molecule has 4 nitrogen and oxygen atoms in total. The number of esters is 1. The smallest absolute Gasteiger partial charge is 0.324 e. The summed E-state index contributed by atoms with van der Waals surface area (Å²) in [7, 11) is 0. The summed E-state index contributed by atoms with van der Waals surface area (Å²) >= 11 is 3.92. The van der Waals surface area contributed by atoms with Crippen LogP contribution in [0.5, 0.6) is 0 Å². The highest BCUT2D eigenvalue weighted by atomic mass is 32.1.